The van der Waals surface area contributed by atoms with Crippen LogP contribution in [0.3, 0.4) is 0 Å². The molecule has 0 aliphatic carbocycles. The normalized spacial score (nSPS) is 17.8. The summed E-state index contributed by atoms with van der Waals surface area (Å²) in [5.41, 5.74) is 16.0. The van der Waals surface area contributed by atoms with Crippen LogP contribution in [0.1, 0.15) is 38.3 Å². The van der Waals surface area contributed by atoms with E-state index in [1.165, 1.54) is 6.07 Å². The van der Waals surface area contributed by atoms with Gasteiger partial charge in [0.15, 0.2) is 0 Å². The Labute approximate surface area is 176 Å². The highest BCUT2D eigenvalue weighted by Gasteiger charge is 2.29. The number of allylic oxidation sites excluding steroid dienone is 2. The van der Waals surface area contributed by atoms with Crippen LogP contribution in [0.5, 0.6) is 0 Å². The molecule has 1 unspecified atom stereocenters. The lowest BCUT2D eigenvalue weighted by Crippen LogP contribution is -2.35. The first-order valence-electron chi connectivity index (χ1n) is 10.00. The highest BCUT2D eigenvalue weighted by molar-refractivity contribution is 5.98. The number of cyclic esters (lactones) is 1. The lowest BCUT2D eigenvalue weighted by Gasteiger charge is -2.23. The summed E-state index contributed by atoms with van der Waals surface area (Å²) < 4.78 is 18.9. The second-order valence-electron chi connectivity index (χ2n) is 7.41. The van der Waals surface area contributed by atoms with Crippen molar-refractivity contribution in [3.63, 3.8) is 0 Å². The Morgan fingerprint density at radius 3 is 2.73 bits per heavy atom. The number of hydrogen-bond donors (Lipinski definition) is 3. The molecule has 1 aromatic rings. The lowest BCUT2D eigenvalue weighted by molar-refractivity contribution is -0.147. The van der Waals surface area contributed by atoms with E-state index >= 15 is 0 Å². The number of nitrogens with two attached hydrogens (primary N) is 2. The Morgan fingerprint density at radius 1 is 1.40 bits per heavy atom. The number of carbonyl (C=O) groups is 2. The number of nitrogens with one attached hydrogen (secondary N) is 1. The summed E-state index contributed by atoms with van der Waals surface area (Å²) in [6.45, 7) is 7.57. The molecule has 1 heterocycles. The summed E-state index contributed by atoms with van der Waals surface area (Å²) >= 11 is 0. The predicted octanol–water partition coefficient (Wildman–Crippen LogP) is 3.02. The van der Waals surface area contributed by atoms with Gasteiger partial charge in [0.1, 0.15) is 12.4 Å². The van der Waals surface area contributed by atoms with Crippen LogP contribution in [-0.2, 0) is 14.3 Å². The maximum Gasteiger partial charge on any atom is 0.313 e. The third-order valence-electron chi connectivity index (χ3n) is 5.22. The first-order chi connectivity index (χ1) is 14.2. The van der Waals surface area contributed by atoms with Crippen LogP contribution in [-0.4, -0.2) is 31.6 Å². The monoisotopic (exact) mass is 415 g/mol. The summed E-state index contributed by atoms with van der Waals surface area (Å²) in [7, 11) is 0. The van der Waals surface area contributed by atoms with Crippen molar-refractivity contribution in [2.24, 2.45) is 11.7 Å². The van der Waals surface area contributed by atoms with Crippen LogP contribution < -0.4 is 16.8 Å². The number of carbonyl (C=O) groups excluding carboxylic acids is 2. The van der Waals surface area contributed by atoms with E-state index < -0.39 is 5.92 Å². The molecule has 5 N–H and O–H groups in total. The first kappa shape index (κ1) is 23.3. The molecule has 1 amide bonds. The number of esters is 1. The van der Waals surface area contributed by atoms with E-state index in [0.717, 1.165) is 17.6 Å². The van der Waals surface area contributed by atoms with E-state index in [4.69, 9.17) is 16.2 Å². The molecule has 0 spiro atoms. The third-order valence-corrected chi connectivity index (χ3v) is 5.22. The molecule has 1 aromatic carbocycles. The fourth-order valence-electron chi connectivity index (χ4n) is 3.32. The molecule has 0 saturated heterocycles. The van der Waals surface area contributed by atoms with Crippen LogP contribution in [0.25, 0.3) is 5.57 Å². The molecule has 2 rings (SSSR count). The molecule has 30 heavy (non-hydrogen) atoms. The van der Waals surface area contributed by atoms with Crippen LogP contribution in [0.15, 0.2) is 41.0 Å². The zero-order valence-corrected chi connectivity index (χ0v) is 18.0. The number of rotatable bonds is 7. The second kappa shape index (κ2) is 10.2. The van der Waals surface area contributed by atoms with Crippen molar-refractivity contribution in [1.29, 1.82) is 0 Å². The van der Waals surface area contributed by atoms with Gasteiger partial charge in [-0.05, 0) is 61.6 Å². The molecular weight excluding hydrogens is 385 g/mol. The van der Waals surface area contributed by atoms with Crippen LogP contribution in [0.2, 0.25) is 0 Å². The second-order valence-corrected chi connectivity index (χ2v) is 7.41. The molecule has 0 bridgehead atoms. The van der Waals surface area contributed by atoms with E-state index in [1.807, 2.05) is 26.0 Å². The van der Waals surface area contributed by atoms with Gasteiger partial charge >= 0.3 is 5.97 Å². The maximum absolute atomic E-state index is 13.7. The molecule has 1 aliphatic rings. The third kappa shape index (κ3) is 5.16. The molecule has 7 heteroatoms. The lowest BCUT2D eigenvalue weighted by atomic mass is 9.92. The van der Waals surface area contributed by atoms with E-state index in [2.05, 4.69) is 5.32 Å². The number of halogens is 1. The van der Waals surface area contributed by atoms with Gasteiger partial charge in [-0.25, -0.2) is 4.39 Å². The van der Waals surface area contributed by atoms with Gasteiger partial charge in [-0.1, -0.05) is 19.1 Å². The Bertz CT molecular complexity index is 932. The predicted molar refractivity (Wildman–Crippen MR) is 117 cm³/mol. The Balaban J connectivity index is 2.28. The summed E-state index contributed by atoms with van der Waals surface area (Å²) in [5, 5.41) is 2.87. The Morgan fingerprint density at radius 2 is 2.10 bits per heavy atom. The molecule has 162 valence electrons. The number of benzene rings is 1. The van der Waals surface area contributed by atoms with Crippen molar-refractivity contribution < 1.29 is 18.7 Å². The standard InChI is InChI=1S/C23H30FN3O3/c1-5-6-7-16-15(4)23(29)30-12-19(16)22(28)27-11-14(3)18(10-25)17-8-13(2)20(24)9-21(17)26/h6-9,15H,5,10-12,25-26H2,1-4H3,(H,27,28)/b7-6+,18-14+. The molecule has 1 aliphatic heterocycles. The van der Waals surface area contributed by atoms with E-state index in [9.17, 15) is 14.0 Å². The summed E-state index contributed by atoms with van der Waals surface area (Å²) in [4.78, 5) is 24.7. The van der Waals surface area contributed by atoms with Crippen molar-refractivity contribution in [3.8, 4) is 0 Å². The number of hydrogen-bond acceptors (Lipinski definition) is 5. The van der Waals surface area contributed by atoms with Crippen molar-refractivity contribution in [2.75, 3.05) is 25.4 Å². The minimum Gasteiger partial charge on any atom is -0.460 e. The number of nitrogen functional groups attached to an aromatic ring is 1. The van der Waals surface area contributed by atoms with E-state index in [1.54, 1.807) is 19.9 Å². The number of anilines is 1. The Hall–Kier alpha value is -2.93. The van der Waals surface area contributed by atoms with Gasteiger partial charge in [0.25, 0.3) is 5.91 Å². The summed E-state index contributed by atoms with van der Waals surface area (Å²) in [5.74, 6) is -1.52. The van der Waals surface area contributed by atoms with Crippen LogP contribution >= 0.6 is 0 Å². The van der Waals surface area contributed by atoms with Crippen LogP contribution in [0.4, 0.5) is 10.1 Å². The van der Waals surface area contributed by atoms with E-state index in [-0.39, 0.29) is 37.4 Å². The highest BCUT2D eigenvalue weighted by Crippen LogP contribution is 2.27. The van der Waals surface area contributed by atoms with Gasteiger partial charge in [0.05, 0.1) is 11.5 Å². The summed E-state index contributed by atoms with van der Waals surface area (Å²) in [6, 6.07) is 2.94. The summed E-state index contributed by atoms with van der Waals surface area (Å²) in [6.07, 6.45) is 4.52. The Kier molecular flexibility index (Phi) is 7.94. The molecular formula is C23H30FN3O3. The average Bonchev–Trinajstić information content (AvgIpc) is 2.71. The van der Waals surface area contributed by atoms with Crippen molar-refractivity contribution in [2.45, 2.75) is 34.1 Å². The number of amides is 1. The van der Waals surface area contributed by atoms with E-state index in [0.29, 0.717) is 28.0 Å². The van der Waals surface area contributed by atoms with Gasteiger partial charge < -0.3 is 21.5 Å². The average molecular weight is 416 g/mol. The maximum atomic E-state index is 13.7. The first-order valence-corrected chi connectivity index (χ1v) is 10.00. The molecule has 0 radical (unpaired) electrons. The molecule has 0 fully saturated rings. The topological polar surface area (TPSA) is 107 Å². The largest absolute Gasteiger partial charge is 0.460 e. The minimum absolute atomic E-state index is 0.0605. The van der Waals surface area contributed by atoms with Gasteiger partial charge in [-0.15, -0.1) is 0 Å². The number of aryl methyl sites for hydroxylation is 1. The van der Waals surface area contributed by atoms with Crippen molar-refractivity contribution in [1.82, 2.24) is 5.32 Å². The van der Waals surface area contributed by atoms with Gasteiger partial charge in [0, 0.05) is 24.3 Å². The molecule has 1 atom stereocenters. The van der Waals surface area contributed by atoms with Gasteiger partial charge in [-0.3, -0.25) is 9.59 Å². The van der Waals surface area contributed by atoms with Crippen molar-refractivity contribution >= 4 is 23.1 Å². The van der Waals surface area contributed by atoms with Gasteiger partial charge in [-0.2, -0.15) is 0 Å². The fourth-order valence-corrected chi connectivity index (χ4v) is 3.32. The zero-order valence-electron chi connectivity index (χ0n) is 18.0. The smallest absolute Gasteiger partial charge is 0.313 e. The van der Waals surface area contributed by atoms with Crippen molar-refractivity contribution in [3.05, 3.63) is 57.9 Å². The molecule has 6 nitrogen and oxygen atoms in total. The molecule has 0 aromatic heterocycles. The number of ether oxygens (including phenoxy) is 1. The zero-order chi connectivity index (χ0) is 22.4. The SMILES string of the molecule is CC/C=C/C1=C(C(=O)NC/C(C)=C(\CN)c2cc(C)c(F)cc2N)COC(=O)C1C. The van der Waals surface area contributed by atoms with Gasteiger partial charge in [0.2, 0.25) is 0 Å². The highest BCUT2D eigenvalue weighted by atomic mass is 19.1. The quantitative estimate of drug-likeness (QED) is 0.469. The fraction of sp³-hybridized carbons (Fsp3) is 0.391. The van der Waals surface area contributed by atoms with Crippen LogP contribution in [0, 0.1) is 18.7 Å². The minimum atomic E-state index is -0.500. The molecule has 0 saturated carbocycles.